The Bertz CT molecular complexity index is 1200. The van der Waals surface area contributed by atoms with Gasteiger partial charge in [-0.2, -0.15) is 0 Å². The van der Waals surface area contributed by atoms with E-state index in [9.17, 15) is 9.90 Å². The summed E-state index contributed by atoms with van der Waals surface area (Å²) in [5, 5.41) is 10.1. The normalized spacial score (nSPS) is 17.1. The number of aliphatic hydroxyl groups is 1. The van der Waals surface area contributed by atoms with E-state index in [1.807, 2.05) is 16.7 Å². The number of benzene rings is 1. The fourth-order valence-electron chi connectivity index (χ4n) is 4.39. The zero-order valence-corrected chi connectivity index (χ0v) is 21.7. The van der Waals surface area contributed by atoms with Crippen molar-refractivity contribution in [3.05, 3.63) is 22.9 Å². The van der Waals surface area contributed by atoms with Crippen molar-refractivity contribution in [3.63, 3.8) is 0 Å². The molecule has 1 unspecified atom stereocenters. The molecule has 1 fully saturated rings. The number of ether oxygens (including phenoxy) is 2. The van der Waals surface area contributed by atoms with Crippen LogP contribution < -0.4 is 15.2 Å². The van der Waals surface area contributed by atoms with Gasteiger partial charge in [0.05, 0.1) is 6.33 Å². The van der Waals surface area contributed by atoms with Crippen LogP contribution in [0.3, 0.4) is 0 Å². The quantitative estimate of drug-likeness (QED) is 0.465. The molecule has 186 valence electrons. The minimum Gasteiger partial charge on any atom is -0.486 e. The highest BCUT2D eigenvalue weighted by Gasteiger charge is 2.26. The Hall–Kier alpha value is -2.57. The van der Waals surface area contributed by atoms with Gasteiger partial charge < -0.3 is 29.8 Å². The zero-order chi connectivity index (χ0) is 24.5. The standard InChI is InChI=1S/C23H27BrN6O4S/c1-13(31)22(32)29-5-2-14(3-6-29)4-7-30-12-26-20(25)19-21(30)28-23(27-19)35-18-11-17-16(10-15(18)24)33-8-9-34-17/h10-14,31H,2-9,25H2,1H3. The van der Waals surface area contributed by atoms with E-state index in [0.717, 1.165) is 35.2 Å². The van der Waals surface area contributed by atoms with Gasteiger partial charge in [0.25, 0.3) is 5.91 Å². The number of aromatic nitrogens is 4. The number of nitrogens with zero attached hydrogens (tertiary/aromatic N) is 5. The van der Waals surface area contributed by atoms with Crippen LogP contribution in [0.15, 0.2) is 33.0 Å². The lowest BCUT2D eigenvalue weighted by Crippen LogP contribution is -2.43. The molecule has 1 saturated heterocycles. The van der Waals surface area contributed by atoms with Gasteiger partial charge in [-0.15, -0.1) is 0 Å². The highest BCUT2D eigenvalue weighted by Crippen LogP contribution is 2.42. The number of amides is 1. The van der Waals surface area contributed by atoms with Crippen molar-refractivity contribution in [2.24, 2.45) is 5.92 Å². The third kappa shape index (κ3) is 5.19. The molecular weight excluding hydrogens is 536 g/mol. The van der Waals surface area contributed by atoms with Crippen molar-refractivity contribution in [2.45, 2.75) is 48.9 Å². The number of imidazole rings is 1. The van der Waals surface area contributed by atoms with Crippen molar-refractivity contribution in [1.29, 1.82) is 0 Å². The summed E-state index contributed by atoms with van der Waals surface area (Å²) in [5.41, 5.74) is 6.70. The molecule has 35 heavy (non-hydrogen) atoms. The summed E-state index contributed by atoms with van der Waals surface area (Å²) >= 11 is 5.03. The fourth-order valence-corrected chi connectivity index (χ4v) is 5.75. The maximum absolute atomic E-state index is 12.0. The number of anilines is 1. The van der Waals surface area contributed by atoms with Gasteiger partial charge >= 0.3 is 0 Å². The smallest absolute Gasteiger partial charge is 0.251 e. The summed E-state index contributed by atoms with van der Waals surface area (Å²) in [7, 11) is 0. The minimum absolute atomic E-state index is 0.191. The van der Waals surface area contributed by atoms with Crippen molar-refractivity contribution >= 4 is 39.4 Å². The molecule has 0 bridgehead atoms. The van der Waals surface area contributed by atoms with Gasteiger partial charge in [-0.25, -0.2) is 15.0 Å². The number of nitrogens with two attached hydrogens (primary N) is 1. The first-order valence-electron chi connectivity index (χ1n) is 11.6. The highest BCUT2D eigenvalue weighted by molar-refractivity contribution is 9.10. The summed E-state index contributed by atoms with van der Waals surface area (Å²) in [6.45, 7) is 4.66. The van der Waals surface area contributed by atoms with E-state index in [1.54, 1.807) is 11.2 Å². The van der Waals surface area contributed by atoms with E-state index in [1.165, 1.54) is 18.7 Å². The topological polar surface area (TPSA) is 129 Å². The molecule has 0 aliphatic carbocycles. The fraction of sp³-hybridized carbons (Fsp3) is 0.478. The summed E-state index contributed by atoms with van der Waals surface area (Å²) in [6, 6.07) is 3.82. The molecule has 0 aromatic heterocycles. The third-order valence-electron chi connectivity index (χ3n) is 6.33. The van der Waals surface area contributed by atoms with Crippen LogP contribution in [0, 0.1) is 5.92 Å². The Morgan fingerprint density at radius 3 is 2.69 bits per heavy atom. The van der Waals surface area contributed by atoms with E-state index in [2.05, 4.69) is 25.9 Å². The van der Waals surface area contributed by atoms with Crippen LogP contribution in [0.5, 0.6) is 11.5 Å². The lowest BCUT2D eigenvalue weighted by atomic mass is 9.93. The Kier molecular flexibility index (Phi) is 7.03. The minimum atomic E-state index is -0.943. The molecule has 1 aromatic rings. The molecule has 4 aliphatic rings. The van der Waals surface area contributed by atoms with Gasteiger partial charge in [-0.3, -0.25) is 4.79 Å². The second-order valence-corrected chi connectivity index (χ2v) is 10.6. The molecule has 4 aliphatic heterocycles. The Labute approximate surface area is 215 Å². The molecule has 1 aromatic carbocycles. The molecule has 0 radical (unpaired) electrons. The second-order valence-electron chi connectivity index (χ2n) is 8.76. The maximum atomic E-state index is 12.0. The van der Waals surface area contributed by atoms with E-state index >= 15 is 0 Å². The molecule has 0 spiro atoms. The third-order valence-corrected chi connectivity index (χ3v) is 8.17. The monoisotopic (exact) mass is 562 g/mol. The van der Waals surface area contributed by atoms with Crippen molar-refractivity contribution in [2.75, 3.05) is 32.0 Å². The number of carbonyl (C=O) groups excluding carboxylic acids is 1. The van der Waals surface area contributed by atoms with E-state index in [-0.39, 0.29) is 5.91 Å². The lowest BCUT2D eigenvalue weighted by molar-refractivity contribution is -0.140. The van der Waals surface area contributed by atoms with Crippen LogP contribution in [-0.2, 0) is 11.3 Å². The summed E-state index contributed by atoms with van der Waals surface area (Å²) in [6.07, 6.45) is 3.53. The maximum Gasteiger partial charge on any atom is 0.251 e. The molecule has 1 atom stereocenters. The first-order chi connectivity index (χ1) is 16.9. The van der Waals surface area contributed by atoms with Gasteiger partial charge in [-0.1, -0.05) is 0 Å². The first-order valence-corrected chi connectivity index (χ1v) is 13.2. The average Bonchev–Trinajstić information content (AvgIpc) is 3.29. The van der Waals surface area contributed by atoms with Gasteiger partial charge in [0.15, 0.2) is 34.0 Å². The van der Waals surface area contributed by atoms with Crippen LogP contribution in [-0.4, -0.2) is 67.8 Å². The summed E-state index contributed by atoms with van der Waals surface area (Å²) in [4.78, 5) is 28.4. The number of halogens is 1. The van der Waals surface area contributed by atoms with Crippen molar-refractivity contribution in [3.8, 4) is 23.0 Å². The number of hydrogen-bond donors (Lipinski definition) is 2. The summed E-state index contributed by atoms with van der Waals surface area (Å²) < 4.78 is 14.2. The van der Waals surface area contributed by atoms with Gasteiger partial charge in [0.2, 0.25) is 0 Å². The van der Waals surface area contributed by atoms with Crippen LogP contribution in [0.1, 0.15) is 26.2 Å². The van der Waals surface area contributed by atoms with E-state index < -0.39 is 6.10 Å². The lowest BCUT2D eigenvalue weighted by Gasteiger charge is -2.33. The Morgan fingerprint density at radius 1 is 1.26 bits per heavy atom. The number of rotatable bonds is 6. The number of aliphatic hydroxyl groups excluding tert-OH is 1. The van der Waals surface area contributed by atoms with Crippen LogP contribution in [0.4, 0.5) is 5.82 Å². The van der Waals surface area contributed by atoms with Crippen molar-refractivity contribution in [1.82, 2.24) is 24.4 Å². The number of likely N-dealkylation sites (tertiary alicyclic amines) is 1. The van der Waals surface area contributed by atoms with Crippen LogP contribution in [0.2, 0.25) is 0 Å². The molecule has 4 heterocycles. The first kappa shape index (κ1) is 24.1. The molecule has 5 rings (SSSR count). The molecule has 10 nitrogen and oxygen atoms in total. The molecule has 12 heteroatoms. The highest BCUT2D eigenvalue weighted by atomic mass is 79.9. The summed E-state index contributed by atoms with van der Waals surface area (Å²) in [5.74, 6) is 2.77. The van der Waals surface area contributed by atoms with Crippen LogP contribution in [0.25, 0.3) is 11.5 Å². The second kappa shape index (κ2) is 10.2. The SMILES string of the molecule is CC(O)C(=O)N1CCC(CCn2cnc(N)c3nc(Sc4cc5c(cc4Br)OCCO5)nc2-3)CC1. The molecule has 1 amide bonds. The van der Waals surface area contributed by atoms with Gasteiger partial charge in [0.1, 0.15) is 19.3 Å². The Balaban J connectivity index is 1.28. The number of carbonyl (C=O) groups is 1. The van der Waals surface area contributed by atoms with Gasteiger partial charge in [0, 0.05) is 29.0 Å². The van der Waals surface area contributed by atoms with Crippen molar-refractivity contribution < 1.29 is 19.4 Å². The predicted molar refractivity (Wildman–Crippen MR) is 134 cm³/mol. The number of aryl methyl sites for hydroxylation is 1. The zero-order valence-electron chi connectivity index (χ0n) is 19.3. The van der Waals surface area contributed by atoms with E-state index in [4.69, 9.17) is 20.2 Å². The predicted octanol–water partition coefficient (Wildman–Crippen LogP) is 3.05. The molecule has 0 saturated carbocycles. The van der Waals surface area contributed by atoms with Gasteiger partial charge in [-0.05, 0) is 71.9 Å². The van der Waals surface area contributed by atoms with Crippen LogP contribution >= 0.6 is 27.7 Å². The number of nitrogen functional groups attached to an aromatic ring is 1. The number of piperidine rings is 1. The molecular formula is C23H27BrN6O4S. The average molecular weight is 563 g/mol. The number of fused-ring (bicyclic) bond motifs is 2. The molecule has 3 N–H and O–H groups in total. The Morgan fingerprint density at radius 2 is 1.97 bits per heavy atom. The number of hydrogen-bond acceptors (Lipinski definition) is 9. The van der Waals surface area contributed by atoms with E-state index in [0.29, 0.717) is 66.2 Å². The largest absolute Gasteiger partial charge is 0.486 e.